The maximum absolute atomic E-state index is 13.3. The molecule has 0 saturated heterocycles. The molecule has 15 heavy (non-hydrogen) atoms. The summed E-state index contributed by atoms with van der Waals surface area (Å²) in [5.74, 6) is -0.694. The molecule has 4 heteroatoms. The van der Waals surface area contributed by atoms with Crippen LogP contribution in [0, 0.1) is 12.7 Å². The molecule has 1 unspecified atom stereocenters. The van der Waals surface area contributed by atoms with Crippen molar-refractivity contribution in [2.75, 3.05) is 5.32 Å². The van der Waals surface area contributed by atoms with E-state index in [1.54, 1.807) is 26.0 Å². The molecule has 0 bridgehead atoms. The minimum Gasteiger partial charge on any atom is -0.327 e. The van der Waals surface area contributed by atoms with Gasteiger partial charge in [0.2, 0.25) is 5.91 Å². The van der Waals surface area contributed by atoms with Crippen LogP contribution in [-0.2, 0) is 4.79 Å². The SMILES string of the molecule is Cc1ccc(NC(=O)CC(C)N)c(F)c1. The number of anilines is 1. The number of hydrogen-bond donors (Lipinski definition) is 2. The molecule has 1 aromatic carbocycles. The van der Waals surface area contributed by atoms with E-state index in [0.717, 1.165) is 5.56 Å². The Kier molecular flexibility index (Phi) is 3.80. The zero-order valence-electron chi connectivity index (χ0n) is 8.88. The molecule has 0 aliphatic heterocycles. The van der Waals surface area contributed by atoms with Crippen molar-refractivity contribution in [1.29, 1.82) is 0 Å². The van der Waals surface area contributed by atoms with Crippen molar-refractivity contribution in [1.82, 2.24) is 0 Å². The van der Waals surface area contributed by atoms with E-state index < -0.39 is 5.82 Å². The maximum Gasteiger partial charge on any atom is 0.225 e. The zero-order chi connectivity index (χ0) is 11.4. The van der Waals surface area contributed by atoms with Crippen molar-refractivity contribution < 1.29 is 9.18 Å². The number of nitrogens with one attached hydrogen (secondary N) is 1. The van der Waals surface area contributed by atoms with Crippen LogP contribution in [0.1, 0.15) is 18.9 Å². The third-order valence-electron chi connectivity index (χ3n) is 1.91. The zero-order valence-corrected chi connectivity index (χ0v) is 8.88. The van der Waals surface area contributed by atoms with Gasteiger partial charge in [-0.25, -0.2) is 4.39 Å². The monoisotopic (exact) mass is 210 g/mol. The Morgan fingerprint density at radius 2 is 2.27 bits per heavy atom. The predicted octanol–water partition coefficient (Wildman–Crippen LogP) is 1.81. The summed E-state index contributed by atoms with van der Waals surface area (Å²) in [6, 6.07) is 4.44. The number of carbonyl (C=O) groups excluding carboxylic acids is 1. The molecule has 1 amide bonds. The average Bonchev–Trinajstić information content (AvgIpc) is 2.08. The van der Waals surface area contributed by atoms with Crippen molar-refractivity contribution in [3.8, 4) is 0 Å². The number of hydrogen-bond acceptors (Lipinski definition) is 2. The second kappa shape index (κ2) is 4.89. The molecular formula is C11H15FN2O. The number of amides is 1. The lowest BCUT2D eigenvalue weighted by Crippen LogP contribution is -2.24. The van der Waals surface area contributed by atoms with Crippen LogP contribution in [0.3, 0.4) is 0 Å². The summed E-state index contributed by atoms with van der Waals surface area (Å²) in [4.78, 5) is 11.3. The van der Waals surface area contributed by atoms with Crippen LogP contribution in [-0.4, -0.2) is 11.9 Å². The molecule has 0 aliphatic rings. The molecule has 3 nitrogen and oxygen atoms in total. The first-order valence-electron chi connectivity index (χ1n) is 4.80. The smallest absolute Gasteiger partial charge is 0.225 e. The van der Waals surface area contributed by atoms with Gasteiger partial charge in [0, 0.05) is 12.5 Å². The van der Waals surface area contributed by atoms with Gasteiger partial charge in [0.1, 0.15) is 5.82 Å². The van der Waals surface area contributed by atoms with Crippen molar-refractivity contribution in [2.45, 2.75) is 26.3 Å². The van der Waals surface area contributed by atoms with E-state index in [0.29, 0.717) is 0 Å². The second-order valence-corrected chi connectivity index (χ2v) is 3.71. The molecule has 0 heterocycles. The largest absolute Gasteiger partial charge is 0.327 e. The number of aryl methyl sites for hydroxylation is 1. The Hall–Kier alpha value is -1.42. The number of halogens is 1. The lowest BCUT2D eigenvalue weighted by atomic mass is 10.2. The maximum atomic E-state index is 13.3. The number of rotatable bonds is 3. The van der Waals surface area contributed by atoms with Crippen molar-refractivity contribution in [3.63, 3.8) is 0 Å². The molecule has 0 saturated carbocycles. The molecule has 0 fully saturated rings. The highest BCUT2D eigenvalue weighted by atomic mass is 19.1. The second-order valence-electron chi connectivity index (χ2n) is 3.71. The highest BCUT2D eigenvalue weighted by molar-refractivity contribution is 5.91. The molecule has 1 rings (SSSR count). The molecule has 1 atom stereocenters. The lowest BCUT2D eigenvalue weighted by molar-refractivity contribution is -0.116. The van der Waals surface area contributed by atoms with Gasteiger partial charge in [0.25, 0.3) is 0 Å². The van der Waals surface area contributed by atoms with Gasteiger partial charge in [0.15, 0.2) is 0 Å². The van der Waals surface area contributed by atoms with Crippen LogP contribution in [0.4, 0.5) is 10.1 Å². The van der Waals surface area contributed by atoms with Crippen LogP contribution < -0.4 is 11.1 Å². The highest BCUT2D eigenvalue weighted by Gasteiger charge is 2.08. The van der Waals surface area contributed by atoms with Crippen LogP contribution in [0.2, 0.25) is 0 Å². The van der Waals surface area contributed by atoms with Crippen LogP contribution in [0.25, 0.3) is 0 Å². The van der Waals surface area contributed by atoms with Crippen molar-refractivity contribution >= 4 is 11.6 Å². The van der Waals surface area contributed by atoms with Crippen molar-refractivity contribution in [3.05, 3.63) is 29.6 Å². The van der Waals surface area contributed by atoms with E-state index in [2.05, 4.69) is 5.32 Å². The van der Waals surface area contributed by atoms with E-state index in [1.165, 1.54) is 6.07 Å². The summed E-state index contributed by atoms with van der Waals surface area (Å²) in [7, 11) is 0. The number of carbonyl (C=O) groups is 1. The molecule has 1 aromatic rings. The first-order chi connectivity index (χ1) is 6.99. The molecule has 82 valence electrons. The van der Waals surface area contributed by atoms with Gasteiger partial charge < -0.3 is 11.1 Å². The summed E-state index contributed by atoms with van der Waals surface area (Å²) >= 11 is 0. The van der Waals surface area contributed by atoms with E-state index in [-0.39, 0.29) is 24.1 Å². The average molecular weight is 210 g/mol. The summed E-state index contributed by atoms with van der Waals surface area (Å²) in [5, 5.41) is 2.47. The minimum atomic E-state index is -0.423. The highest BCUT2D eigenvalue weighted by Crippen LogP contribution is 2.15. The van der Waals surface area contributed by atoms with Crippen LogP contribution >= 0.6 is 0 Å². The summed E-state index contributed by atoms with van der Waals surface area (Å²) in [6.45, 7) is 3.52. The Labute approximate surface area is 88.5 Å². The fourth-order valence-electron chi connectivity index (χ4n) is 1.22. The third-order valence-corrected chi connectivity index (χ3v) is 1.91. The fourth-order valence-corrected chi connectivity index (χ4v) is 1.22. The quantitative estimate of drug-likeness (QED) is 0.799. The predicted molar refractivity (Wildman–Crippen MR) is 58.0 cm³/mol. The van der Waals surface area contributed by atoms with Gasteiger partial charge in [-0.3, -0.25) is 4.79 Å². The first-order valence-corrected chi connectivity index (χ1v) is 4.80. The molecule has 0 radical (unpaired) electrons. The van der Waals surface area contributed by atoms with Gasteiger partial charge in [-0.05, 0) is 31.5 Å². The van der Waals surface area contributed by atoms with Gasteiger partial charge in [0.05, 0.1) is 5.69 Å². The first kappa shape index (κ1) is 11.7. The number of benzene rings is 1. The minimum absolute atomic E-state index is 0.188. The Morgan fingerprint density at radius 1 is 1.60 bits per heavy atom. The van der Waals surface area contributed by atoms with Crippen LogP contribution in [0.15, 0.2) is 18.2 Å². The van der Waals surface area contributed by atoms with Gasteiger partial charge in [-0.2, -0.15) is 0 Å². The Bertz CT molecular complexity index is 364. The summed E-state index contributed by atoms with van der Waals surface area (Å²) < 4.78 is 13.3. The normalized spacial score (nSPS) is 12.3. The van der Waals surface area contributed by atoms with Gasteiger partial charge >= 0.3 is 0 Å². The fraction of sp³-hybridized carbons (Fsp3) is 0.364. The molecule has 0 aromatic heterocycles. The molecule has 3 N–H and O–H groups in total. The summed E-state index contributed by atoms with van der Waals surface area (Å²) in [5.41, 5.74) is 6.47. The van der Waals surface area contributed by atoms with E-state index in [9.17, 15) is 9.18 Å². The van der Waals surface area contributed by atoms with E-state index in [4.69, 9.17) is 5.73 Å². The Balaban J connectivity index is 2.68. The Morgan fingerprint density at radius 3 is 2.80 bits per heavy atom. The standard InChI is InChI=1S/C11H15FN2O/c1-7-3-4-10(9(12)5-7)14-11(15)6-8(2)13/h3-5,8H,6,13H2,1-2H3,(H,14,15). The number of nitrogens with two attached hydrogens (primary N) is 1. The third kappa shape index (κ3) is 3.67. The van der Waals surface area contributed by atoms with Crippen molar-refractivity contribution in [2.24, 2.45) is 5.73 Å². The van der Waals surface area contributed by atoms with Gasteiger partial charge in [-0.1, -0.05) is 6.07 Å². The van der Waals surface area contributed by atoms with Gasteiger partial charge in [-0.15, -0.1) is 0 Å². The molecular weight excluding hydrogens is 195 g/mol. The topological polar surface area (TPSA) is 55.1 Å². The van der Waals surface area contributed by atoms with E-state index in [1.807, 2.05) is 0 Å². The molecule has 0 spiro atoms. The summed E-state index contributed by atoms with van der Waals surface area (Å²) in [6.07, 6.45) is 0.188. The van der Waals surface area contributed by atoms with E-state index >= 15 is 0 Å². The lowest BCUT2D eigenvalue weighted by Gasteiger charge is -2.08. The van der Waals surface area contributed by atoms with Crippen LogP contribution in [0.5, 0.6) is 0 Å². The molecule has 0 aliphatic carbocycles.